The Labute approximate surface area is 614 Å². The topological polar surface area (TPSA) is 284 Å². The largest absolute Gasteiger partial charge is 0.506 e. The summed E-state index contributed by atoms with van der Waals surface area (Å²) in [4.78, 5) is 35.1. The number of aliphatic hydroxyl groups excluding tert-OH is 3. The van der Waals surface area contributed by atoms with Crippen molar-refractivity contribution >= 4 is 110 Å². The minimum absolute atomic E-state index is 0.0206. The van der Waals surface area contributed by atoms with Crippen LogP contribution in [0, 0.1) is 25.4 Å². The number of ether oxygens (including phenoxy) is 6. The van der Waals surface area contributed by atoms with Gasteiger partial charge in [-0.2, -0.15) is 4.98 Å². The number of rotatable bonds is 15. The number of halogens is 4. The van der Waals surface area contributed by atoms with Crippen molar-refractivity contribution in [3.63, 3.8) is 0 Å². The van der Waals surface area contributed by atoms with Crippen LogP contribution >= 0.6 is 88.4 Å². The van der Waals surface area contributed by atoms with Crippen molar-refractivity contribution in [1.29, 1.82) is 0 Å². The Bertz CT molecular complexity index is 3620. The molecule has 4 atom stereocenters. The summed E-state index contributed by atoms with van der Waals surface area (Å²) in [5, 5.41) is 56.0. The zero-order valence-electron chi connectivity index (χ0n) is 58.5. The highest BCUT2D eigenvalue weighted by Gasteiger charge is 2.42. The van der Waals surface area contributed by atoms with Gasteiger partial charge in [0.05, 0.1) is 71.7 Å². The second kappa shape index (κ2) is 38.3. The highest BCUT2D eigenvalue weighted by Crippen LogP contribution is 2.40. The molecule has 0 aliphatic heterocycles. The number of aromatic hydroxyl groups is 2. The van der Waals surface area contributed by atoms with E-state index in [0.717, 1.165) is 71.4 Å². The molecule has 526 valence electrons. The third-order valence-corrected chi connectivity index (χ3v) is 17.5. The summed E-state index contributed by atoms with van der Waals surface area (Å²) in [7, 11) is 4.77. The first-order valence-corrected chi connectivity index (χ1v) is 35.4. The normalized spacial score (nSPS) is 15.4. The molecule has 96 heavy (non-hydrogen) atoms. The van der Waals surface area contributed by atoms with Gasteiger partial charge < -0.3 is 64.6 Å². The summed E-state index contributed by atoms with van der Waals surface area (Å²) in [6.07, 6.45) is 6.41. The molecule has 0 radical (unpaired) electrons. The molecule has 1 fully saturated rings. The Hall–Kier alpha value is -5.28. The van der Waals surface area contributed by atoms with Crippen molar-refractivity contribution in [2.75, 3.05) is 65.5 Å². The van der Waals surface area contributed by atoms with Crippen LogP contribution in [0.25, 0.3) is 20.8 Å². The third-order valence-electron chi connectivity index (χ3n) is 13.8. The Balaban J connectivity index is 0.000000271. The number of hydrogen-bond donors (Lipinski definition) is 7. The van der Waals surface area contributed by atoms with E-state index in [1.165, 1.54) is 18.0 Å². The lowest BCUT2D eigenvalue weighted by Crippen LogP contribution is -2.36. The number of hydrogen-bond acceptors (Lipinski definition) is 22. The second-order valence-electron chi connectivity index (χ2n) is 27.6. The van der Waals surface area contributed by atoms with E-state index in [9.17, 15) is 20.4 Å². The minimum atomic E-state index is -1.01. The average Bonchev–Trinajstić information content (AvgIpc) is 1.56. The highest BCUT2D eigenvalue weighted by molar-refractivity contribution is 14.1. The summed E-state index contributed by atoms with van der Waals surface area (Å²) >= 11 is 12.3. The van der Waals surface area contributed by atoms with E-state index in [4.69, 9.17) is 48.5 Å². The molecule has 7 heterocycles. The summed E-state index contributed by atoms with van der Waals surface area (Å²) in [5.41, 5.74) is 7.09. The molecule has 21 nitrogen and oxygen atoms in total. The van der Waals surface area contributed by atoms with Gasteiger partial charge in [0, 0.05) is 73.7 Å². The second-order valence-corrected chi connectivity index (χ2v) is 32.6. The van der Waals surface area contributed by atoms with Gasteiger partial charge in [-0.25, -0.2) is 19.9 Å². The number of benzene rings is 1. The number of nitrogens with zero attached hydrogens (tertiary/aromatic N) is 8. The number of fused-ring (bicyclic) bond motifs is 1. The molecule has 1 aliphatic carbocycles. The number of aryl methyl sites for hydroxylation is 1. The number of aromatic nitrogens is 8. The fourth-order valence-electron chi connectivity index (χ4n) is 8.35. The van der Waals surface area contributed by atoms with Crippen molar-refractivity contribution in [2.45, 2.75) is 157 Å². The maximum Gasteiger partial charge on any atom is 0.224 e. The predicted octanol–water partition coefficient (Wildman–Crippen LogP) is 15.7. The molecule has 7 aromatic heterocycles. The van der Waals surface area contributed by atoms with Gasteiger partial charge in [-0.3, -0.25) is 15.0 Å². The summed E-state index contributed by atoms with van der Waals surface area (Å²) < 4.78 is 34.6. The number of pyridine rings is 5. The van der Waals surface area contributed by atoms with Crippen molar-refractivity contribution in [3.05, 3.63) is 142 Å². The van der Waals surface area contributed by atoms with E-state index in [1.54, 1.807) is 63.4 Å². The van der Waals surface area contributed by atoms with Gasteiger partial charge in [0.2, 0.25) is 5.95 Å². The molecule has 1 aliphatic rings. The monoisotopic (exact) mass is 1700 g/mol. The highest BCUT2D eigenvalue weighted by atomic mass is 127. The molecule has 0 unspecified atom stereocenters. The summed E-state index contributed by atoms with van der Waals surface area (Å²) in [6, 6.07) is 20.7. The molecule has 0 saturated heterocycles. The van der Waals surface area contributed by atoms with Gasteiger partial charge in [0.15, 0.2) is 26.1 Å². The van der Waals surface area contributed by atoms with E-state index < -0.39 is 18.2 Å². The van der Waals surface area contributed by atoms with Gasteiger partial charge in [-0.15, -0.1) is 11.3 Å². The summed E-state index contributed by atoms with van der Waals surface area (Å²) in [6.45, 7) is 35.3. The SMILES string of the molecule is CC(C)(C)c1cc(I)c(O)cn1.COCOc1ccc(Br)nc1.COCOc1ccc(C(C)(C)C)nc1.COCOc1cnc(C(C)(C)C)cc1I.Cc1nc(NCC(C)(C)C)nc(N[C@@H]2C[C@H](CO)[C@@H](O)[C@H]2O)c1-c1nc2cc(C(C)(C)C)ccc2s1.Oc1ccc(Br)nc1. The molecule has 1 saturated carbocycles. The van der Waals surface area contributed by atoms with Gasteiger partial charge in [-0.05, 0) is 167 Å². The standard InChI is InChI=1S/C27H39N5O3S.C11H16INO2.C11H17NO2.C9H12INO.C7H8BrNO2.C5H4BrNO/c1-14-20(24-31-17-11-16(27(5,6)7)8-9-19(17)36-24)23(32-25(29-14)28-13-26(2,3)4)30-18-10-15(12-33)21(34)22(18)35;1-11(2,3)10-5-8(12)9(6-13-10)15-7-14-4;1-11(2,3)10-6-5-9(7-12-10)14-8-13-4;1-9(2,3)8-4-6(10)7(12)5-11-8;1-10-5-11-6-2-3-7(8)9-4-6;6-5-2-1-4(8)3-7-5/h8-9,11,15,18,21-22,33-35H,10,12-13H2,1-7H3,(H2,28,29,30,32);5-6H,7H2,1-4H3;5-7H,8H2,1-4H3;4-5,12H,1-3H3;2-4H,5H2,1H3;1-3,8H/t15-,18-,21-,22+;;;;;/m1...../s1. The molecular formula is C70H96Br2I2N10O11S. The molecule has 8 aromatic rings. The zero-order valence-corrected chi connectivity index (χ0v) is 66.8. The van der Waals surface area contributed by atoms with Crippen LogP contribution in [-0.4, -0.2) is 139 Å². The molecule has 0 bridgehead atoms. The Morgan fingerprint density at radius 3 is 1.57 bits per heavy atom. The number of anilines is 2. The van der Waals surface area contributed by atoms with E-state index in [2.05, 4.69) is 235 Å². The first-order valence-electron chi connectivity index (χ1n) is 30.8. The summed E-state index contributed by atoms with van der Waals surface area (Å²) in [5.74, 6) is 3.32. The molecule has 9 rings (SSSR count). The fraction of sp³-hybridized carbons (Fsp3) is 0.486. The molecule has 0 amide bonds. The molecule has 26 heteroatoms. The maximum absolute atomic E-state index is 10.7. The number of methoxy groups -OCH3 is 3. The lowest BCUT2D eigenvalue weighted by molar-refractivity contribution is 0.00446. The van der Waals surface area contributed by atoms with Crippen LogP contribution in [0.2, 0.25) is 0 Å². The van der Waals surface area contributed by atoms with Crippen LogP contribution in [0.15, 0.2) is 107 Å². The van der Waals surface area contributed by atoms with Crippen LogP contribution in [0.4, 0.5) is 11.8 Å². The number of nitrogens with one attached hydrogen (secondary N) is 2. The van der Waals surface area contributed by atoms with Crippen LogP contribution in [0.3, 0.4) is 0 Å². The van der Waals surface area contributed by atoms with Crippen molar-refractivity contribution in [3.8, 4) is 39.3 Å². The molecule has 0 spiro atoms. The number of thiazole rings is 1. The Morgan fingerprint density at radius 1 is 0.583 bits per heavy atom. The van der Waals surface area contributed by atoms with Crippen LogP contribution in [-0.2, 0) is 35.9 Å². The smallest absolute Gasteiger partial charge is 0.224 e. The Kier molecular flexibility index (Phi) is 33.2. The van der Waals surface area contributed by atoms with Gasteiger partial charge in [-0.1, -0.05) is 110 Å². The van der Waals surface area contributed by atoms with E-state index in [0.29, 0.717) is 30.5 Å². The lowest BCUT2D eigenvalue weighted by Gasteiger charge is -2.22. The van der Waals surface area contributed by atoms with E-state index >= 15 is 0 Å². The van der Waals surface area contributed by atoms with Crippen LogP contribution in [0.1, 0.15) is 139 Å². The lowest BCUT2D eigenvalue weighted by atomic mass is 9.87. The first-order chi connectivity index (χ1) is 44.8. The Morgan fingerprint density at radius 2 is 1.11 bits per heavy atom. The van der Waals surface area contributed by atoms with Crippen LogP contribution < -0.4 is 24.8 Å². The number of aliphatic hydroxyl groups is 3. The molecular weight excluding hydrogens is 1600 g/mol. The molecule has 1 aromatic carbocycles. The van der Waals surface area contributed by atoms with Gasteiger partial charge >= 0.3 is 0 Å². The first kappa shape index (κ1) is 83.1. The minimum Gasteiger partial charge on any atom is -0.506 e. The maximum atomic E-state index is 10.7. The third kappa shape index (κ3) is 28.2. The van der Waals surface area contributed by atoms with Crippen LogP contribution in [0.5, 0.6) is 28.7 Å². The van der Waals surface area contributed by atoms with Gasteiger partial charge in [0.1, 0.15) is 49.1 Å². The quantitative estimate of drug-likeness (QED) is 0.0285. The van der Waals surface area contributed by atoms with Crippen molar-refractivity contribution < 1.29 is 54.0 Å². The average molecular weight is 1700 g/mol. The van der Waals surface area contributed by atoms with Gasteiger partial charge in [0.25, 0.3) is 0 Å². The predicted molar refractivity (Wildman–Crippen MR) is 406 cm³/mol. The molecule has 7 N–H and O–H groups in total. The van der Waals surface area contributed by atoms with Crippen molar-refractivity contribution in [1.82, 2.24) is 39.9 Å². The van der Waals surface area contributed by atoms with E-state index in [1.807, 2.05) is 43.3 Å². The fourth-order valence-corrected chi connectivity index (χ4v) is 10.9. The van der Waals surface area contributed by atoms with Crippen molar-refractivity contribution in [2.24, 2.45) is 11.3 Å². The van der Waals surface area contributed by atoms with E-state index in [-0.39, 0.29) is 71.5 Å². The zero-order chi connectivity index (χ0) is 71.9.